The monoisotopic (exact) mass is 402 g/mol. The number of aromatic nitrogens is 1. The maximum Gasteiger partial charge on any atom is 0.433 e. The Bertz CT molecular complexity index is 981. The number of aromatic hydroxyl groups is 1. The minimum atomic E-state index is -4.66. The number of carbonyl (C=O) groups is 1. The van der Waals surface area contributed by atoms with Gasteiger partial charge in [-0.25, -0.2) is 4.98 Å². The van der Waals surface area contributed by atoms with Crippen LogP contribution in [0.15, 0.2) is 60.7 Å². The number of alkyl halides is 3. The number of aryl methyl sites for hydroxylation is 1. The zero-order valence-electron chi connectivity index (χ0n) is 15.3. The largest absolute Gasteiger partial charge is 0.493 e. The fraction of sp³-hybridized carbons (Fsp3) is 0.143. The zero-order valence-corrected chi connectivity index (χ0v) is 15.3. The summed E-state index contributed by atoms with van der Waals surface area (Å²) in [6.45, 7) is 1.25. The first-order valence-corrected chi connectivity index (χ1v) is 8.62. The predicted octanol–water partition coefficient (Wildman–Crippen LogP) is 4.84. The summed E-state index contributed by atoms with van der Waals surface area (Å²) in [5.74, 6) is -0.00201. The van der Waals surface area contributed by atoms with Crippen LogP contribution in [0.2, 0.25) is 0 Å². The van der Waals surface area contributed by atoms with Gasteiger partial charge >= 0.3 is 6.18 Å². The molecule has 0 aliphatic heterocycles. The van der Waals surface area contributed by atoms with Gasteiger partial charge in [0.15, 0.2) is 0 Å². The van der Waals surface area contributed by atoms with Gasteiger partial charge in [0, 0.05) is 17.7 Å². The van der Waals surface area contributed by atoms with Gasteiger partial charge in [-0.2, -0.15) is 13.2 Å². The Morgan fingerprint density at radius 3 is 2.28 bits per heavy atom. The molecule has 2 aromatic carbocycles. The fourth-order valence-corrected chi connectivity index (χ4v) is 2.62. The molecule has 5 nitrogen and oxygen atoms in total. The van der Waals surface area contributed by atoms with E-state index in [9.17, 15) is 23.1 Å². The molecule has 150 valence electrons. The number of carbonyl (C=O) groups excluding carboxylic acids is 1. The molecule has 0 fully saturated rings. The first kappa shape index (κ1) is 20.2. The second kappa shape index (κ2) is 8.22. The van der Waals surface area contributed by atoms with Crippen molar-refractivity contribution < 1.29 is 27.8 Å². The third-order valence-corrected chi connectivity index (χ3v) is 4.14. The number of amides is 1. The minimum Gasteiger partial charge on any atom is -0.493 e. The standard InChI is InChI=1S/C21H17F3N2O3/c1-13-11-18(21(22,23)24)26-20(28)17(13)12-25-19(27)14-7-9-16(10-8-14)29-15-5-3-2-4-6-15/h2-11H,12H2,1H3,(H,25,27)(H,26,28). The smallest absolute Gasteiger partial charge is 0.433 e. The Morgan fingerprint density at radius 2 is 1.69 bits per heavy atom. The maximum absolute atomic E-state index is 12.7. The van der Waals surface area contributed by atoms with Gasteiger partial charge in [-0.1, -0.05) is 18.2 Å². The molecule has 0 saturated carbocycles. The lowest BCUT2D eigenvalue weighted by molar-refractivity contribution is -0.141. The number of hydrogen-bond acceptors (Lipinski definition) is 4. The van der Waals surface area contributed by atoms with E-state index in [1.807, 2.05) is 18.2 Å². The number of hydrogen-bond donors (Lipinski definition) is 2. The number of para-hydroxylation sites is 1. The van der Waals surface area contributed by atoms with Crippen LogP contribution < -0.4 is 10.1 Å². The number of benzene rings is 2. The molecule has 0 aliphatic carbocycles. The van der Waals surface area contributed by atoms with Crippen molar-refractivity contribution in [2.24, 2.45) is 0 Å². The van der Waals surface area contributed by atoms with Gasteiger partial charge in [0.2, 0.25) is 5.88 Å². The highest BCUT2D eigenvalue weighted by Crippen LogP contribution is 2.31. The number of rotatable bonds is 5. The van der Waals surface area contributed by atoms with E-state index in [-0.39, 0.29) is 17.7 Å². The van der Waals surface area contributed by atoms with Crippen molar-refractivity contribution in [3.63, 3.8) is 0 Å². The summed E-state index contributed by atoms with van der Waals surface area (Å²) >= 11 is 0. The maximum atomic E-state index is 12.7. The quantitative estimate of drug-likeness (QED) is 0.641. The van der Waals surface area contributed by atoms with Crippen LogP contribution >= 0.6 is 0 Å². The molecule has 2 N–H and O–H groups in total. The van der Waals surface area contributed by atoms with Crippen LogP contribution in [0, 0.1) is 6.92 Å². The van der Waals surface area contributed by atoms with E-state index in [0.29, 0.717) is 17.1 Å². The highest BCUT2D eigenvalue weighted by Gasteiger charge is 2.33. The summed E-state index contributed by atoms with van der Waals surface area (Å²) in [7, 11) is 0. The molecule has 1 aromatic heterocycles. The first-order chi connectivity index (χ1) is 13.7. The molecule has 3 rings (SSSR count). The van der Waals surface area contributed by atoms with Crippen LogP contribution in [-0.2, 0) is 12.7 Å². The van der Waals surface area contributed by atoms with Gasteiger partial charge in [0.25, 0.3) is 5.91 Å². The molecule has 1 amide bonds. The van der Waals surface area contributed by atoms with Crippen molar-refractivity contribution in [2.75, 3.05) is 0 Å². The molecular formula is C21H17F3N2O3. The number of ether oxygens (including phenoxy) is 1. The van der Waals surface area contributed by atoms with Gasteiger partial charge in [0.05, 0.1) is 0 Å². The molecule has 3 aromatic rings. The second-order valence-corrected chi connectivity index (χ2v) is 6.25. The van der Waals surface area contributed by atoms with E-state index >= 15 is 0 Å². The number of nitrogens with zero attached hydrogens (tertiary/aromatic N) is 1. The lowest BCUT2D eigenvalue weighted by Crippen LogP contribution is -2.23. The normalized spacial score (nSPS) is 11.2. The molecule has 29 heavy (non-hydrogen) atoms. The number of pyridine rings is 1. The molecule has 0 spiro atoms. The van der Waals surface area contributed by atoms with Crippen LogP contribution in [0.4, 0.5) is 13.2 Å². The van der Waals surface area contributed by atoms with Crippen LogP contribution in [0.1, 0.15) is 27.2 Å². The van der Waals surface area contributed by atoms with Crippen molar-refractivity contribution >= 4 is 5.91 Å². The Labute approximate surface area is 164 Å². The van der Waals surface area contributed by atoms with Crippen LogP contribution in [0.5, 0.6) is 17.4 Å². The highest BCUT2D eigenvalue weighted by molar-refractivity contribution is 5.94. The van der Waals surface area contributed by atoms with E-state index in [4.69, 9.17) is 4.74 Å². The van der Waals surface area contributed by atoms with Crippen molar-refractivity contribution in [2.45, 2.75) is 19.6 Å². The molecule has 0 saturated heterocycles. The van der Waals surface area contributed by atoms with E-state index in [0.717, 1.165) is 6.07 Å². The van der Waals surface area contributed by atoms with E-state index < -0.39 is 23.7 Å². The lowest BCUT2D eigenvalue weighted by Gasteiger charge is -2.13. The average Bonchev–Trinajstić information content (AvgIpc) is 2.67. The Hall–Kier alpha value is -3.55. The minimum absolute atomic E-state index is 0.121. The predicted molar refractivity (Wildman–Crippen MR) is 99.8 cm³/mol. The van der Waals surface area contributed by atoms with Crippen LogP contribution in [-0.4, -0.2) is 16.0 Å². The molecule has 8 heteroatoms. The molecule has 0 unspecified atom stereocenters. The van der Waals surface area contributed by atoms with Gasteiger partial charge < -0.3 is 15.2 Å². The summed E-state index contributed by atoms with van der Waals surface area (Å²) in [5, 5.41) is 12.4. The van der Waals surface area contributed by atoms with Gasteiger partial charge in [-0.15, -0.1) is 0 Å². The lowest BCUT2D eigenvalue weighted by atomic mass is 10.1. The third-order valence-electron chi connectivity index (χ3n) is 4.14. The number of halogens is 3. The van der Waals surface area contributed by atoms with Gasteiger partial charge in [-0.05, 0) is 55.0 Å². The van der Waals surface area contributed by atoms with Crippen molar-refractivity contribution in [1.82, 2.24) is 10.3 Å². The Morgan fingerprint density at radius 1 is 1.07 bits per heavy atom. The molecule has 0 aliphatic rings. The van der Waals surface area contributed by atoms with Crippen molar-refractivity contribution in [3.05, 3.63) is 83.0 Å². The molecular weight excluding hydrogens is 385 g/mol. The fourth-order valence-electron chi connectivity index (χ4n) is 2.62. The summed E-state index contributed by atoms with van der Waals surface area (Å²) in [4.78, 5) is 15.5. The molecule has 0 bridgehead atoms. The topological polar surface area (TPSA) is 71.5 Å². The van der Waals surface area contributed by atoms with E-state index in [1.165, 1.54) is 6.92 Å². The van der Waals surface area contributed by atoms with E-state index in [1.54, 1.807) is 36.4 Å². The summed E-state index contributed by atoms with van der Waals surface area (Å²) in [6.07, 6.45) is -4.66. The molecule has 0 radical (unpaired) electrons. The summed E-state index contributed by atoms with van der Waals surface area (Å²) in [5.41, 5.74) is -0.550. The summed E-state index contributed by atoms with van der Waals surface area (Å²) in [6, 6.07) is 16.4. The molecule has 0 atom stereocenters. The van der Waals surface area contributed by atoms with Crippen molar-refractivity contribution in [1.29, 1.82) is 0 Å². The SMILES string of the molecule is Cc1cc(C(F)(F)F)nc(O)c1CNC(=O)c1ccc(Oc2ccccc2)cc1. The average molecular weight is 402 g/mol. The zero-order chi connectivity index (χ0) is 21.0. The molecule has 1 heterocycles. The Balaban J connectivity index is 1.65. The number of nitrogens with one attached hydrogen (secondary N) is 1. The first-order valence-electron chi connectivity index (χ1n) is 8.62. The van der Waals surface area contributed by atoms with Gasteiger partial charge in [0.1, 0.15) is 17.2 Å². The third kappa shape index (κ3) is 5.04. The van der Waals surface area contributed by atoms with E-state index in [2.05, 4.69) is 10.3 Å². The second-order valence-electron chi connectivity index (χ2n) is 6.25. The van der Waals surface area contributed by atoms with Crippen LogP contribution in [0.3, 0.4) is 0 Å². The van der Waals surface area contributed by atoms with Crippen LogP contribution in [0.25, 0.3) is 0 Å². The summed E-state index contributed by atoms with van der Waals surface area (Å²) < 4.78 is 43.8. The van der Waals surface area contributed by atoms with Gasteiger partial charge in [-0.3, -0.25) is 4.79 Å². The van der Waals surface area contributed by atoms with Crippen molar-refractivity contribution in [3.8, 4) is 17.4 Å². The Kier molecular flexibility index (Phi) is 5.72. The highest BCUT2D eigenvalue weighted by atomic mass is 19.4.